The summed E-state index contributed by atoms with van der Waals surface area (Å²) >= 11 is 1.93. The molecule has 0 radical (unpaired) electrons. The molecular weight excluding hydrogens is 274 g/mol. The second-order valence-electron chi connectivity index (χ2n) is 5.96. The maximum Gasteiger partial charge on any atom is 0.0696 e. The molecule has 21 heavy (non-hydrogen) atoms. The van der Waals surface area contributed by atoms with Crippen molar-refractivity contribution >= 4 is 11.3 Å². The minimum atomic E-state index is 0.401. The Kier molecular flexibility index (Phi) is 3.09. The first-order valence-electron chi connectivity index (χ1n) is 7.51. The van der Waals surface area contributed by atoms with Gasteiger partial charge in [-0.05, 0) is 54.8 Å². The van der Waals surface area contributed by atoms with Crippen LogP contribution in [0.5, 0.6) is 0 Å². The number of rotatable bonds is 1. The minimum absolute atomic E-state index is 0.401. The molecule has 2 heteroatoms. The summed E-state index contributed by atoms with van der Waals surface area (Å²) in [7, 11) is 2.25. The lowest BCUT2D eigenvalue weighted by Crippen LogP contribution is -2.32. The molecular formula is C19H19NS. The zero-order chi connectivity index (χ0) is 14.4. The fraction of sp³-hybridized carbons (Fsp3) is 0.263. The predicted molar refractivity (Wildman–Crippen MR) is 90.3 cm³/mol. The molecule has 1 unspecified atom stereocenters. The van der Waals surface area contributed by atoms with Crippen molar-refractivity contribution in [3.8, 4) is 10.4 Å². The molecule has 0 spiro atoms. The Bertz CT molecular complexity index is 758. The lowest BCUT2D eigenvalue weighted by Gasteiger charge is -2.35. The summed E-state index contributed by atoms with van der Waals surface area (Å²) in [6.45, 7) is 3.37. The van der Waals surface area contributed by atoms with Crippen LogP contribution in [-0.2, 0) is 6.42 Å². The van der Waals surface area contributed by atoms with Gasteiger partial charge in [0.25, 0.3) is 0 Å². The third-order valence-electron chi connectivity index (χ3n) is 4.63. The van der Waals surface area contributed by atoms with Gasteiger partial charge < -0.3 is 0 Å². The summed E-state index contributed by atoms with van der Waals surface area (Å²) in [6, 6.07) is 18.3. The summed E-state index contributed by atoms with van der Waals surface area (Å²) in [4.78, 5) is 5.32. The van der Waals surface area contributed by atoms with E-state index in [0.29, 0.717) is 6.04 Å². The van der Waals surface area contributed by atoms with Crippen molar-refractivity contribution in [2.45, 2.75) is 19.4 Å². The first kappa shape index (κ1) is 13.1. The van der Waals surface area contributed by atoms with E-state index in [1.807, 2.05) is 11.3 Å². The van der Waals surface area contributed by atoms with Gasteiger partial charge in [-0.15, -0.1) is 11.3 Å². The molecule has 0 amide bonds. The van der Waals surface area contributed by atoms with Gasteiger partial charge >= 0.3 is 0 Å². The Morgan fingerprint density at radius 1 is 1.05 bits per heavy atom. The van der Waals surface area contributed by atoms with Gasteiger partial charge in [0.2, 0.25) is 0 Å². The van der Waals surface area contributed by atoms with Crippen LogP contribution in [0, 0.1) is 6.92 Å². The average Bonchev–Trinajstić information content (AvgIpc) is 2.94. The molecule has 1 aromatic rings. The SMILES string of the molecule is Cc1cccc2c1CCN(C)C2c1ccc2cccc-2s1. The molecule has 0 fully saturated rings. The lowest BCUT2D eigenvalue weighted by atomic mass is 9.89. The van der Waals surface area contributed by atoms with E-state index in [2.05, 4.69) is 67.4 Å². The van der Waals surface area contributed by atoms with Gasteiger partial charge in [0.05, 0.1) is 6.04 Å². The van der Waals surface area contributed by atoms with Gasteiger partial charge in [-0.1, -0.05) is 36.4 Å². The van der Waals surface area contributed by atoms with Crippen LogP contribution in [0.4, 0.5) is 0 Å². The van der Waals surface area contributed by atoms with Crippen molar-refractivity contribution in [2.24, 2.45) is 0 Å². The Morgan fingerprint density at radius 2 is 1.90 bits per heavy atom. The van der Waals surface area contributed by atoms with Crippen molar-refractivity contribution < 1.29 is 0 Å². The molecule has 0 bridgehead atoms. The van der Waals surface area contributed by atoms with Crippen LogP contribution in [0.3, 0.4) is 0 Å². The maximum atomic E-state index is 2.49. The van der Waals surface area contributed by atoms with Crippen molar-refractivity contribution in [3.63, 3.8) is 0 Å². The van der Waals surface area contributed by atoms with Crippen LogP contribution in [-0.4, -0.2) is 18.5 Å². The van der Waals surface area contributed by atoms with E-state index in [1.165, 1.54) is 26.4 Å². The van der Waals surface area contributed by atoms with E-state index in [4.69, 9.17) is 0 Å². The topological polar surface area (TPSA) is 3.24 Å². The second-order valence-corrected chi connectivity index (χ2v) is 7.07. The van der Waals surface area contributed by atoms with E-state index in [1.54, 1.807) is 5.56 Å². The van der Waals surface area contributed by atoms with Gasteiger partial charge in [0.1, 0.15) is 0 Å². The maximum absolute atomic E-state index is 2.49. The largest absolute Gasteiger partial charge is 0.294 e. The number of hydrogen-bond acceptors (Lipinski definition) is 2. The molecule has 4 rings (SSSR count). The van der Waals surface area contributed by atoms with Crippen molar-refractivity contribution in [3.05, 3.63) is 70.1 Å². The molecule has 0 saturated heterocycles. The Morgan fingerprint density at radius 3 is 2.81 bits per heavy atom. The van der Waals surface area contributed by atoms with Crippen molar-refractivity contribution in [2.75, 3.05) is 13.6 Å². The smallest absolute Gasteiger partial charge is 0.0696 e. The summed E-state index contributed by atoms with van der Waals surface area (Å²) in [5.74, 6) is 0. The summed E-state index contributed by atoms with van der Waals surface area (Å²) in [5.41, 5.74) is 5.83. The number of benzene rings is 1. The standard InChI is InChI=1S/C19H19NS/c1-13-5-3-7-16-15(13)11-12-20(2)19(16)18-10-9-14-6-4-8-17(14)21-18/h3-10,19H,11-12H2,1-2H3. The highest BCUT2D eigenvalue weighted by Crippen LogP contribution is 2.40. The fourth-order valence-electron chi connectivity index (χ4n) is 3.48. The molecule has 1 aliphatic carbocycles. The normalized spacial score (nSPS) is 18.9. The van der Waals surface area contributed by atoms with Gasteiger partial charge in [-0.25, -0.2) is 0 Å². The van der Waals surface area contributed by atoms with E-state index in [9.17, 15) is 0 Å². The molecule has 3 aliphatic rings. The molecule has 106 valence electrons. The van der Waals surface area contributed by atoms with Crippen LogP contribution in [0.2, 0.25) is 0 Å². The van der Waals surface area contributed by atoms with Crippen molar-refractivity contribution in [1.82, 2.24) is 4.90 Å². The van der Waals surface area contributed by atoms with E-state index in [-0.39, 0.29) is 0 Å². The van der Waals surface area contributed by atoms with Crippen LogP contribution in [0.15, 0.2) is 48.5 Å². The minimum Gasteiger partial charge on any atom is -0.294 e. The third-order valence-corrected chi connectivity index (χ3v) is 5.82. The first-order chi connectivity index (χ1) is 10.2. The Balaban J connectivity index is 1.88. The third kappa shape index (κ3) is 2.10. The molecule has 1 nitrogen and oxygen atoms in total. The van der Waals surface area contributed by atoms with E-state index < -0.39 is 0 Å². The lowest BCUT2D eigenvalue weighted by molar-refractivity contribution is 0.267. The Labute approximate surface area is 130 Å². The number of hydrogen-bond donors (Lipinski definition) is 0. The Hall–Kier alpha value is -1.64. The van der Waals surface area contributed by atoms with Crippen LogP contribution >= 0.6 is 11.3 Å². The van der Waals surface area contributed by atoms with Crippen molar-refractivity contribution in [1.29, 1.82) is 0 Å². The van der Waals surface area contributed by atoms with Gasteiger partial charge in [-0.2, -0.15) is 0 Å². The molecule has 0 N–H and O–H groups in total. The van der Waals surface area contributed by atoms with Crippen LogP contribution in [0.1, 0.15) is 27.6 Å². The molecule has 2 aliphatic heterocycles. The average molecular weight is 293 g/mol. The molecule has 1 aromatic carbocycles. The fourth-order valence-corrected chi connectivity index (χ4v) is 4.68. The predicted octanol–water partition coefficient (Wildman–Crippen LogP) is 4.74. The first-order valence-corrected chi connectivity index (χ1v) is 8.33. The number of nitrogens with zero attached hydrogens (tertiary/aromatic N) is 1. The van der Waals surface area contributed by atoms with Crippen LogP contribution < -0.4 is 0 Å². The summed E-state index contributed by atoms with van der Waals surface area (Å²) in [6.07, 6.45) is 1.16. The van der Waals surface area contributed by atoms with Gasteiger partial charge in [-0.3, -0.25) is 4.90 Å². The van der Waals surface area contributed by atoms with Gasteiger partial charge in [0.15, 0.2) is 0 Å². The molecule has 0 aromatic heterocycles. The highest BCUT2D eigenvalue weighted by molar-refractivity contribution is 7.15. The number of fused-ring (bicyclic) bond motifs is 2. The monoisotopic (exact) mass is 293 g/mol. The van der Waals surface area contributed by atoms with Gasteiger partial charge in [0, 0.05) is 16.3 Å². The zero-order valence-corrected chi connectivity index (χ0v) is 13.3. The second kappa shape index (κ2) is 4.97. The van der Waals surface area contributed by atoms with E-state index >= 15 is 0 Å². The highest BCUT2D eigenvalue weighted by atomic mass is 32.1. The number of aryl methyl sites for hydroxylation is 1. The quantitative estimate of drug-likeness (QED) is 0.626. The summed E-state index contributed by atoms with van der Waals surface area (Å²) in [5, 5.41) is 0. The molecule has 2 heterocycles. The molecule has 0 saturated carbocycles. The number of likely N-dealkylation sites (N-methyl/N-ethyl adjacent to an activating group) is 1. The highest BCUT2D eigenvalue weighted by Gasteiger charge is 2.27. The van der Waals surface area contributed by atoms with Crippen LogP contribution in [0.25, 0.3) is 10.4 Å². The molecule has 1 atom stereocenters. The zero-order valence-electron chi connectivity index (χ0n) is 12.5. The van der Waals surface area contributed by atoms with E-state index in [0.717, 1.165) is 13.0 Å². The summed E-state index contributed by atoms with van der Waals surface area (Å²) < 4.78 is 0.